The summed E-state index contributed by atoms with van der Waals surface area (Å²) in [4.78, 5) is 13.1. The summed E-state index contributed by atoms with van der Waals surface area (Å²) in [5.41, 5.74) is 1.43. The maximum atomic E-state index is 13.2. The van der Waals surface area contributed by atoms with Gasteiger partial charge in [-0.1, -0.05) is 23.7 Å². The Hall–Kier alpha value is -2.20. The summed E-state index contributed by atoms with van der Waals surface area (Å²) in [6.45, 7) is 3.50. The van der Waals surface area contributed by atoms with Crippen LogP contribution in [0.4, 0.5) is 11.4 Å². The van der Waals surface area contributed by atoms with Gasteiger partial charge in [-0.05, 0) is 49.4 Å². The number of nitrogens with zero attached hydrogens (tertiary/aromatic N) is 3. The number of anilines is 1. The van der Waals surface area contributed by atoms with E-state index in [4.69, 9.17) is 11.6 Å². The van der Waals surface area contributed by atoms with Gasteiger partial charge in [-0.25, -0.2) is 8.42 Å². The molecule has 0 aliphatic carbocycles. The average molecular weight is 479 g/mol. The summed E-state index contributed by atoms with van der Waals surface area (Å²) >= 11 is 5.96. The first-order valence-corrected chi connectivity index (χ1v) is 12.7. The summed E-state index contributed by atoms with van der Waals surface area (Å²) in [7, 11) is -3.79. The van der Waals surface area contributed by atoms with Crippen molar-refractivity contribution in [2.45, 2.75) is 43.2 Å². The van der Waals surface area contributed by atoms with Crippen molar-refractivity contribution in [2.24, 2.45) is 0 Å². The molecule has 0 radical (unpaired) electrons. The molecule has 0 spiro atoms. The lowest BCUT2D eigenvalue weighted by molar-refractivity contribution is -0.385. The van der Waals surface area contributed by atoms with Crippen LogP contribution in [0.2, 0.25) is 5.02 Å². The molecule has 2 aliphatic heterocycles. The van der Waals surface area contributed by atoms with Gasteiger partial charge in [0.15, 0.2) is 0 Å². The number of sulfonamides is 1. The van der Waals surface area contributed by atoms with Crippen molar-refractivity contribution in [1.82, 2.24) is 9.21 Å². The summed E-state index contributed by atoms with van der Waals surface area (Å²) in [6.07, 6.45) is 3.33. The number of non-ortho nitro benzene ring substituents is 1. The Morgan fingerprint density at radius 2 is 1.69 bits per heavy atom. The van der Waals surface area contributed by atoms with Gasteiger partial charge in [-0.3, -0.25) is 15.0 Å². The lowest BCUT2D eigenvalue weighted by Crippen LogP contribution is -2.39. The van der Waals surface area contributed by atoms with Crippen LogP contribution in [-0.4, -0.2) is 54.8 Å². The first-order chi connectivity index (χ1) is 15.3. The van der Waals surface area contributed by atoms with Gasteiger partial charge in [0, 0.05) is 55.9 Å². The number of piperidine rings is 1. The van der Waals surface area contributed by atoms with Crippen molar-refractivity contribution in [3.63, 3.8) is 0 Å². The van der Waals surface area contributed by atoms with Gasteiger partial charge in [-0.15, -0.1) is 0 Å². The monoisotopic (exact) mass is 478 g/mol. The van der Waals surface area contributed by atoms with Crippen molar-refractivity contribution < 1.29 is 13.3 Å². The molecule has 0 bridgehead atoms. The maximum absolute atomic E-state index is 13.2. The lowest BCUT2D eigenvalue weighted by Gasteiger charge is -2.33. The van der Waals surface area contributed by atoms with Crippen molar-refractivity contribution in [1.29, 1.82) is 0 Å². The number of rotatable bonds is 7. The van der Waals surface area contributed by atoms with Crippen molar-refractivity contribution in [3.05, 3.63) is 63.2 Å². The number of nitro benzene ring substituents is 1. The highest BCUT2D eigenvalue weighted by Crippen LogP contribution is 2.32. The third-order valence-electron chi connectivity index (χ3n) is 6.13. The number of likely N-dealkylation sites (tertiary alicyclic amines) is 1. The fourth-order valence-corrected chi connectivity index (χ4v) is 6.15. The first kappa shape index (κ1) is 23.0. The van der Waals surface area contributed by atoms with Crippen molar-refractivity contribution >= 4 is 33.0 Å². The van der Waals surface area contributed by atoms with E-state index in [0.29, 0.717) is 18.8 Å². The number of benzene rings is 2. The number of hydrogen-bond acceptors (Lipinski definition) is 6. The molecule has 2 saturated heterocycles. The summed E-state index contributed by atoms with van der Waals surface area (Å²) in [5.74, 6) is 0. The van der Waals surface area contributed by atoms with E-state index in [1.165, 1.54) is 28.1 Å². The average Bonchev–Trinajstić information content (AvgIpc) is 3.33. The molecule has 2 aromatic carbocycles. The minimum Gasteiger partial charge on any atom is -0.381 e. The Bertz CT molecular complexity index is 1060. The van der Waals surface area contributed by atoms with Crippen LogP contribution >= 0.6 is 11.6 Å². The molecule has 0 aromatic heterocycles. The van der Waals surface area contributed by atoms with Crippen LogP contribution in [0.1, 0.15) is 31.2 Å². The highest BCUT2D eigenvalue weighted by Gasteiger charge is 2.32. The van der Waals surface area contributed by atoms with E-state index in [-0.39, 0.29) is 16.6 Å². The Balaban J connectivity index is 1.46. The minimum atomic E-state index is -3.79. The van der Waals surface area contributed by atoms with Crippen LogP contribution in [0, 0.1) is 10.1 Å². The van der Waals surface area contributed by atoms with Gasteiger partial charge in [0.25, 0.3) is 5.69 Å². The van der Waals surface area contributed by atoms with Crippen LogP contribution in [-0.2, 0) is 16.6 Å². The second kappa shape index (κ2) is 9.74. The van der Waals surface area contributed by atoms with Crippen LogP contribution in [0.15, 0.2) is 47.4 Å². The Kier molecular flexibility index (Phi) is 6.99. The highest BCUT2D eigenvalue weighted by atomic mass is 35.5. The summed E-state index contributed by atoms with van der Waals surface area (Å²) < 4.78 is 27.8. The largest absolute Gasteiger partial charge is 0.381 e. The third-order valence-corrected chi connectivity index (χ3v) is 8.32. The van der Waals surface area contributed by atoms with Crippen LogP contribution in [0.5, 0.6) is 0 Å². The standard InChI is InChI=1S/C22H27ClN4O4S/c23-18-5-3-17(4-6-18)16-25-13-9-19(10-14-25)24-21-8-7-20(27(28)29)15-22(21)32(30,31)26-11-1-2-12-26/h3-8,15,19,24H,1-2,9-14,16H2. The molecule has 0 unspecified atom stereocenters. The molecule has 172 valence electrons. The molecule has 2 heterocycles. The smallest absolute Gasteiger partial charge is 0.270 e. The van der Waals surface area contributed by atoms with E-state index in [0.717, 1.165) is 50.3 Å². The number of nitrogens with one attached hydrogen (secondary N) is 1. The Labute approximate surface area is 193 Å². The van der Waals surface area contributed by atoms with Crippen LogP contribution in [0.3, 0.4) is 0 Å². The molecule has 0 atom stereocenters. The molecular weight excluding hydrogens is 452 g/mol. The first-order valence-electron chi connectivity index (χ1n) is 10.8. The minimum absolute atomic E-state index is 0.00260. The predicted octanol–water partition coefficient (Wildman–Crippen LogP) is 4.11. The second-order valence-corrected chi connectivity index (χ2v) is 10.7. The zero-order valence-electron chi connectivity index (χ0n) is 17.7. The quantitative estimate of drug-likeness (QED) is 0.475. The molecule has 1 N–H and O–H groups in total. The molecule has 0 amide bonds. The molecular formula is C22H27ClN4O4S. The van der Waals surface area contributed by atoms with E-state index in [1.807, 2.05) is 24.3 Å². The molecule has 2 aliphatic rings. The Morgan fingerprint density at radius 3 is 2.31 bits per heavy atom. The number of halogens is 1. The van der Waals surface area contributed by atoms with E-state index in [1.54, 1.807) is 0 Å². The fraction of sp³-hybridized carbons (Fsp3) is 0.455. The van der Waals surface area contributed by atoms with Crippen molar-refractivity contribution in [3.8, 4) is 0 Å². The van der Waals surface area contributed by atoms with Crippen LogP contribution in [0.25, 0.3) is 0 Å². The van der Waals surface area contributed by atoms with Gasteiger partial charge in [0.2, 0.25) is 10.0 Å². The van der Waals surface area contributed by atoms with Gasteiger partial charge in [0.05, 0.1) is 10.6 Å². The van der Waals surface area contributed by atoms with Gasteiger partial charge in [0.1, 0.15) is 4.90 Å². The van der Waals surface area contributed by atoms with E-state index in [9.17, 15) is 18.5 Å². The molecule has 10 heteroatoms. The molecule has 2 fully saturated rings. The molecule has 32 heavy (non-hydrogen) atoms. The molecule has 2 aromatic rings. The van der Waals surface area contributed by atoms with Crippen LogP contribution < -0.4 is 5.32 Å². The summed E-state index contributed by atoms with van der Waals surface area (Å²) in [5, 5.41) is 15.4. The van der Waals surface area contributed by atoms with E-state index in [2.05, 4.69) is 10.2 Å². The van der Waals surface area contributed by atoms with E-state index < -0.39 is 14.9 Å². The third kappa shape index (κ3) is 5.23. The van der Waals surface area contributed by atoms with Gasteiger partial charge < -0.3 is 5.32 Å². The van der Waals surface area contributed by atoms with Gasteiger partial charge in [-0.2, -0.15) is 4.31 Å². The van der Waals surface area contributed by atoms with Crippen molar-refractivity contribution in [2.75, 3.05) is 31.5 Å². The normalized spacial score (nSPS) is 18.7. The Morgan fingerprint density at radius 1 is 1.03 bits per heavy atom. The molecule has 4 rings (SSSR count). The van der Waals surface area contributed by atoms with Gasteiger partial charge >= 0.3 is 0 Å². The lowest BCUT2D eigenvalue weighted by atomic mass is 10.0. The maximum Gasteiger partial charge on any atom is 0.270 e. The number of hydrogen-bond donors (Lipinski definition) is 1. The zero-order chi connectivity index (χ0) is 22.7. The second-order valence-electron chi connectivity index (χ2n) is 8.37. The highest BCUT2D eigenvalue weighted by molar-refractivity contribution is 7.89. The molecule has 0 saturated carbocycles. The zero-order valence-corrected chi connectivity index (χ0v) is 19.3. The summed E-state index contributed by atoms with van der Waals surface area (Å²) in [6, 6.07) is 12.0. The van der Waals surface area contributed by atoms with E-state index >= 15 is 0 Å². The number of nitro groups is 1. The SMILES string of the molecule is O=[N+]([O-])c1ccc(NC2CCN(Cc3ccc(Cl)cc3)CC2)c(S(=O)(=O)N2CCCC2)c1. The molecule has 8 nitrogen and oxygen atoms in total. The topological polar surface area (TPSA) is 95.8 Å². The fourth-order valence-electron chi connectivity index (χ4n) is 4.33. The predicted molar refractivity (Wildman–Crippen MR) is 124 cm³/mol.